The normalized spacial score (nSPS) is 17.8. The topological polar surface area (TPSA) is 82.5 Å². The van der Waals surface area contributed by atoms with Crippen molar-refractivity contribution in [2.75, 3.05) is 18.0 Å². The van der Waals surface area contributed by atoms with Crippen LogP contribution in [0, 0.1) is 0 Å². The van der Waals surface area contributed by atoms with E-state index < -0.39 is 12.0 Å². The van der Waals surface area contributed by atoms with Crippen molar-refractivity contribution in [3.8, 4) is 0 Å². The predicted molar refractivity (Wildman–Crippen MR) is 74.8 cm³/mol. The summed E-state index contributed by atoms with van der Waals surface area (Å²) >= 11 is 0. The molecule has 0 spiro atoms. The summed E-state index contributed by atoms with van der Waals surface area (Å²) < 4.78 is 0. The van der Waals surface area contributed by atoms with Crippen molar-refractivity contribution in [1.82, 2.24) is 10.3 Å². The number of amides is 1. The molecule has 1 aliphatic rings. The number of carbonyl (C=O) groups excluding carboxylic acids is 1. The zero-order valence-electron chi connectivity index (χ0n) is 11.1. The van der Waals surface area contributed by atoms with Crippen molar-refractivity contribution in [1.29, 1.82) is 0 Å². The lowest BCUT2D eigenvalue weighted by Gasteiger charge is -2.22. The number of hydrogen-bond acceptors (Lipinski definition) is 4. The third-order valence-electron chi connectivity index (χ3n) is 3.25. The Balaban J connectivity index is 2.10. The molecule has 1 aliphatic heterocycles. The summed E-state index contributed by atoms with van der Waals surface area (Å²) in [6.07, 6.45) is 4.52. The highest BCUT2D eigenvalue weighted by Gasteiger charge is 2.31. The molecule has 1 aromatic rings. The van der Waals surface area contributed by atoms with Gasteiger partial charge in [0.25, 0.3) is 5.91 Å². The molecule has 0 aliphatic carbocycles. The molecule has 0 aromatic carbocycles. The Hall–Kier alpha value is -2.37. The molecule has 1 atom stereocenters. The van der Waals surface area contributed by atoms with Gasteiger partial charge in [0.2, 0.25) is 0 Å². The Bertz CT molecular complexity index is 513. The van der Waals surface area contributed by atoms with Gasteiger partial charge >= 0.3 is 5.97 Å². The van der Waals surface area contributed by atoms with E-state index in [1.165, 1.54) is 6.20 Å². The molecular weight excluding hydrogens is 258 g/mol. The zero-order valence-corrected chi connectivity index (χ0v) is 11.1. The quantitative estimate of drug-likeness (QED) is 0.785. The fourth-order valence-corrected chi connectivity index (χ4v) is 2.25. The summed E-state index contributed by atoms with van der Waals surface area (Å²) in [5.74, 6) is -0.465. The van der Waals surface area contributed by atoms with E-state index in [1.54, 1.807) is 23.1 Å². The fraction of sp³-hybridized carbons (Fsp3) is 0.357. The first kappa shape index (κ1) is 14.0. The minimum absolute atomic E-state index is 0.222. The number of carbonyl (C=O) groups is 2. The SMILES string of the molecule is C=CCNC(=O)c1ccc(N2CCCC2C(=O)O)nc1. The number of anilines is 1. The fourth-order valence-electron chi connectivity index (χ4n) is 2.25. The van der Waals surface area contributed by atoms with E-state index in [0.29, 0.717) is 30.9 Å². The molecule has 0 saturated carbocycles. The number of nitrogens with one attached hydrogen (secondary N) is 1. The standard InChI is InChI=1S/C14H17N3O3/c1-2-7-15-13(18)10-5-6-12(16-9-10)17-8-3-4-11(17)14(19)20/h2,5-6,9,11H,1,3-4,7-8H2,(H,15,18)(H,19,20). The van der Waals surface area contributed by atoms with Crippen molar-refractivity contribution in [3.63, 3.8) is 0 Å². The molecule has 1 amide bonds. The van der Waals surface area contributed by atoms with Gasteiger partial charge in [0, 0.05) is 19.3 Å². The minimum Gasteiger partial charge on any atom is -0.480 e. The molecule has 6 heteroatoms. The Morgan fingerprint density at radius 3 is 2.95 bits per heavy atom. The van der Waals surface area contributed by atoms with Crippen molar-refractivity contribution in [2.24, 2.45) is 0 Å². The summed E-state index contributed by atoms with van der Waals surface area (Å²) in [4.78, 5) is 28.8. The number of carboxylic acids is 1. The number of pyridine rings is 1. The van der Waals surface area contributed by atoms with E-state index in [2.05, 4.69) is 16.9 Å². The molecule has 20 heavy (non-hydrogen) atoms. The first-order valence-corrected chi connectivity index (χ1v) is 6.48. The van der Waals surface area contributed by atoms with Crippen LogP contribution in [0.25, 0.3) is 0 Å². The van der Waals surface area contributed by atoms with Crippen LogP contribution in [0.2, 0.25) is 0 Å². The van der Waals surface area contributed by atoms with Crippen LogP contribution >= 0.6 is 0 Å². The minimum atomic E-state index is -0.836. The molecule has 2 N–H and O–H groups in total. The number of nitrogens with zero attached hydrogens (tertiary/aromatic N) is 2. The van der Waals surface area contributed by atoms with E-state index in [-0.39, 0.29) is 5.91 Å². The number of aliphatic carboxylic acids is 1. The molecule has 106 valence electrons. The Labute approximate surface area is 117 Å². The van der Waals surface area contributed by atoms with Crippen LogP contribution in [0.15, 0.2) is 31.0 Å². The maximum Gasteiger partial charge on any atom is 0.326 e. The monoisotopic (exact) mass is 275 g/mol. The summed E-state index contributed by atoms with van der Waals surface area (Å²) in [7, 11) is 0. The second kappa shape index (κ2) is 6.18. The maximum absolute atomic E-state index is 11.7. The lowest BCUT2D eigenvalue weighted by Crippen LogP contribution is -2.36. The smallest absolute Gasteiger partial charge is 0.326 e. The van der Waals surface area contributed by atoms with Crippen LogP contribution in [0.3, 0.4) is 0 Å². The lowest BCUT2D eigenvalue weighted by molar-refractivity contribution is -0.138. The van der Waals surface area contributed by atoms with Crippen molar-refractivity contribution < 1.29 is 14.7 Å². The molecule has 0 radical (unpaired) electrons. The van der Waals surface area contributed by atoms with Crippen molar-refractivity contribution in [2.45, 2.75) is 18.9 Å². The molecule has 1 aromatic heterocycles. The van der Waals surface area contributed by atoms with Crippen LogP contribution in [0.1, 0.15) is 23.2 Å². The molecule has 1 fully saturated rings. The van der Waals surface area contributed by atoms with E-state index in [9.17, 15) is 9.59 Å². The van der Waals surface area contributed by atoms with Gasteiger partial charge in [-0.2, -0.15) is 0 Å². The van der Waals surface area contributed by atoms with E-state index in [1.807, 2.05) is 0 Å². The Kier molecular flexibility index (Phi) is 4.34. The van der Waals surface area contributed by atoms with Gasteiger partial charge < -0.3 is 15.3 Å². The summed E-state index contributed by atoms with van der Waals surface area (Å²) in [5.41, 5.74) is 0.446. The summed E-state index contributed by atoms with van der Waals surface area (Å²) in [6.45, 7) is 4.59. The van der Waals surface area contributed by atoms with Gasteiger partial charge in [-0.05, 0) is 25.0 Å². The molecule has 6 nitrogen and oxygen atoms in total. The van der Waals surface area contributed by atoms with Crippen LogP contribution in [0.4, 0.5) is 5.82 Å². The summed E-state index contributed by atoms with van der Waals surface area (Å²) in [6, 6.07) is 2.81. The van der Waals surface area contributed by atoms with E-state index in [4.69, 9.17) is 5.11 Å². The van der Waals surface area contributed by atoms with Gasteiger partial charge in [0.05, 0.1) is 5.56 Å². The number of hydrogen-bond donors (Lipinski definition) is 2. The zero-order chi connectivity index (χ0) is 14.5. The van der Waals surface area contributed by atoms with Crippen molar-refractivity contribution in [3.05, 3.63) is 36.5 Å². The average molecular weight is 275 g/mol. The Morgan fingerprint density at radius 2 is 2.35 bits per heavy atom. The van der Waals surface area contributed by atoms with E-state index >= 15 is 0 Å². The molecular formula is C14H17N3O3. The second-order valence-corrected chi connectivity index (χ2v) is 4.59. The second-order valence-electron chi connectivity index (χ2n) is 4.59. The maximum atomic E-state index is 11.7. The first-order chi connectivity index (χ1) is 9.63. The predicted octanol–water partition coefficient (Wildman–Crippen LogP) is 1.05. The third kappa shape index (κ3) is 2.96. The van der Waals surface area contributed by atoms with Crippen LogP contribution in [-0.4, -0.2) is 41.1 Å². The van der Waals surface area contributed by atoms with Crippen molar-refractivity contribution >= 4 is 17.7 Å². The van der Waals surface area contributed by atoms with Gasteiger partial charge in [-0.15, -0.1) is 6.58 Å². The van der Waals surface area contributed by atoms with Gasteiger partial charge in [0.1, 0.15) is 11.9 Å². The van der Waals surface area contributed by atoms with Gasteiger partial charge in [0.15, 0.2) is 0 Å². The Morgan fingerprint density at radius 1 is 1.55 bits per heavy atom. The van der Waals surface area contributed by atoms with Gasteiger partial charge in [-0.3, -0.25) is 4.79 Å². The average Bonchev–Trinajstić information content (AvgIpc) is 2.94. The first-order valence-electron chi connectivity index (χ1n) is 6.48. The highest BCUT2D eigenvalue weighted by molar-refractivity contribution is 5.94. The summed E-state index contributed by atoms with van der Waals surface area (Å²) in [5, 5.41) is 11.8. The van der Waals surface area contributed by atoms with Crippen LogP contribution in [0.5, 0.6) is 0 Å². The number of rotatable bonds is 5. The highest BCUT2D eigenvalue weighted by atomic mass is 16.4. The molecule has 0 bridgehead atoms. The molecule has 1 unspecified atom stereocenters. The molecule has 2 heterocycles. The van der Waals surface area contributed by atoms with Gasteiger partial charge in [-0.1, -0.05) is 6.08 Å². The molecule has 2 rings (SSSR count). The van der Waals surface area contributed by atoms with Crippen LogP contribution < -0.4 is 10.2 Å². The third-order valence-corrected chi connectivity index (χ3v) is 3.25. The van der Waals surface area contributed by atoms with Gasteiger partial charge in [-0.25, -0.2) is 9.78 Å². The number of carboxylic acid groups (broad SMARTS) is 1. The van der Waals surface area contributed by atoms with Crippen LogP contribution in [-0.2, 0) is 4.79 Å². The number of aromatic nitrogens is 1. The molecule has 1 saturated heterocycles. The largest absolute Gasteiger partial charge is 0.480 e. The van der Waals surface area contributed by atoms with E-state index in [0.717, 1.165) is 6.42 Å². The lowest BCUT2D eigenvalue weighted by atomic mass is 10.2. The highest BCUT2D eigenvalue weighted by Crippen LogP contribution is 2.23.